The number of hydrogen-bond donors (Lipinski definition) is 1. The molecular weight excluding hydrogens is 273 g/mol. The summed E-state index contributed by atoms with van der Waals surface area (Å²) in [5, 5.41) is 9.51. The molecule has 0 aliphatic rings. The monoisotopic (exact) mass is 289 g/mol. The Morgan fingerprint density at radius 2 is 2.05 bits per heavy atom. The molecule has 0 aliphatic carbocycles. The molecule has 0 saturated heterocycles. The van der Waals surface area contributed by atoms with E-state index in [2.05, 4.69) is 0 Å². The van der Waals surface area contributed by atoms with Crippen molar-refractivity contribution >= 4 is 11.6 Å². The maximum Gasteiger partial charge on any atom is 0.258 e. The summed E-state index contributed by atoms with van der Waals surface area (Å²) < 4.78 is 18.5. The van der Waals surface area contributed by atoms with Crippen molar-refractivity contribution in [3.8, 4) is 11.5 Å². The van der Waals surface area contributed by atoms with Crippen LogP contribution in [0.2, 0.25) is 0 Å². The number of ether oxygens (including phenoxy) is 1. The third kappa shape index (κ3) is 3.13. The SMILES string of the molecule is CCN(C(=O)c1ccc(OC)c(F)c1)c1cccc(O)c1. The van der Waals surface area contributed by atoms with Crippen molar-refractivity contribution in [2.24, 2.45) is 0 Å². The Hall–Kier alpha value is -2.56. The molecule has 0 bridgehead atoms. The first-order valence-electron chi connectivity index (χ1n) is 6.51. The highest BCUT2D eigenvalue weighted by Crippen LogP contribution is 2.23. The van der Waals surface area contributed by atoms with E-state index in [0.717, 1.165) is 6.07 Å². The van der Waals surface area contributed by atoms with E-state index < -0.39 is 5.82 Å². The van der Waals surface area contributed by atoms with Gasteiger partial charge in [-0.25, -0.2) is 4.39 Å². The number of carbonyl (C=O) groups excluding carboxylic acids is 1. The summed E-state index contributed by atoms with van der Waals surface area (Å²) in [6.07, 6.45) is 0. The smallest absolute Gasteiger partial charge is 0.258 e. The van der Waals surface area contributed by atoms with Crippen LogP contribution in [0.4, 0.5) is 10.1 Å². The summed E-state index contributed by atoms with van der Waals surface area (Å²) in [7, 11) is 1.37. The van der Waals surface area contributed by atoms with E-state index in [4.69, 9.17) is 4.74 Å². The summed E-state index contributed by atoms with van der Waals surface area (Å²) in [6, 6.07) is 10.4. The number of halogens is 1. The quantitative estimate of drug-likeness (QED) is 0.940. The van der Waals surface area contributed by atoms with E-state index in [0.29, 0.717) is 12.2 Å². The third-order valence-electron chi connectivity index (χ3n) is 3.10. The van der Waals surface area contributed by atoms with Gasteiger partial charge in [-0.1, -0.05) is 6.07 Å². The van der Waals surface area contributed by atoms with Crippen molar-refractivity contribution in [2.75, 3.05) is 18.6 Å². The van der Waals surface area contributed by atoms with Crippen LogP contribution in [-0.4, -0.2) is 24.7 Å². The number of benzene rings is 2. The van der Waals surface area contributed by atoms with E-state index in [-0.39, 0.29) is 23.0 Å². The van der Waals surface area contributed by atoms with Crippen LogP contribution in [0, 0.1) is 5.82 Å². The van der Waals surface area contributed by atoms with E-state index in [1.165, 1.54) is 36.3 Å². The maximum absolute atomic E-state index is 13.7. The molecule has 2 aromatic rings. The number of nitrogens with zero attached hydrogens (tertiary/aromatic N) is 1. The summed E-state index contributed by atoms with van der Waals surface area (Å²) in [6.45, 7) is 2.21. The largest absolute Gasteiger partial charge is 0.508 e. The van der Waals surface area contributed by atoms with Crippen LogP contribution in [0.25, 0.3) is 0 Å². The van der Waals surface area contributed by atoms with E-state index in [1.54, 1.807) is 12.1 Å². The predicted molar refractivity (Wildman–Crippen MR) is 78.4 cm³/mol. The van der Waals surface area contributed by atoms with Crippen LogP contribution < -0.4 is 9.64 Å². The number of aromatic hydroxyl groups is 1. The van der Waals surface area contributed by atoms with Gasteiger partial charge in [0.1, 0.15) is 5.75 Å². The molecule has 5 heteroatoms. The predicted octanol–water partition coefficient (Wildman–Crippen LogP) is 3.21. The van der Waals surface area contributed by atoms with Gasteiger partial charge in [0.25, 0.3) is 5.91 Å². The number of anilines is 1. The van der Waals surface area contributed by atoms with Gasteiger partial charge in [-0.2, -0.15) is 0 Å². The molecule has 0 atom stereocenters. The molecule has 0 fully saturated rings. The zero-order chi connectivity index (χ0) is 15.4. The Morgan fingerprint density at radius 1 is 1.29 bits per heavy atom. The first kappa shape index (κ1) is 14.8. The summed E-state index contributed by atoms with van der Waals surface area (Å²) in [5.41, 5.74) is 0.775. The van der Waals surface area contributed by atoms with Crippen LogP contribution in [0.1, 0.15) is 17.3 Å². The van der Waals surface area contributed by atoms with Gasteiger partial charge in [-0.15, -0.1) is 0 Å². The molecule has 0 unspecified atom stereocenters. The first-order chi connectivity index (χ1) is 10.1. The fourth-order valence-electron chi connectivity index (χ4n) is 2.06. The second-order valence-electron chi connectivity index (χ2n) is 4.42. The van der Waals surface area contributed by atoms with Crippen molar-refractivity contribution in [3.63, 3.8) is 0 Å². The Labute approximate surface area is 122 Å². The lowest BCUT2D eigenvalue weighted by molar-refractivity contribution is 0.0988. The van der Waals surface area contributed by atoms with Crippen LogP contribution in [0.3, 0.4) is 0 Å². The Bertz CT molecular complexity index is 658. The maximum atomic E-state index is 13.7. The molecular formula is C16H16FNO3. The third-order valence-corrected chi connectivity index (χ3v) is 3.10. The minimum Gasteiger partial charge on any atom is -0.508 e. The van der Waals surface area contributed by atoms with Gasteiger partial charge in [0.2, 0.25) is 0 Å². The number of methoxy groups -OCH3 is 1. The summed E-state index contributed by atoms with van der Waals surface area (Å²) in [4.78, 5) is 13.9. The van der Waals surface area contributed by atoms with Gasteiger partial charge in [0.15, 0.2) is 11.6 Å². The number of hydrogen-bond acceptors (Lipinski definition) is 3. The zero-order valence-electron chi connectivity index (χ0n) is 11.8. The fourth-order valence-corrected chi connectivity index (χ4v) is 2.06. The zero-order valence-corrected chi connectivity index (χ0v) is 11.8. The van der Waals surface area contributed by atoms with Gasteiger partial charge in [-0.05, 0) is 37.3 Å². The van der Waals surface area contributed by atoms with Gasteiger partial charge in [-0.3, -0.25) is 4.79 Å². The summed E-state index contributed by atoms with van der Waals surface area (Å²) in [5.74, 6) is -0.772. The van der Waals surface area contributed by atoms with E-state index >= 15 is 0 Å². The molecule has 21 heavy (non-hydrogen) atoms. The first-order valence-corrected chi connectivity index (χ1v) is 6.51. The lowest BCUT2D eigenvalue weighted by Crippen LogP contribution is -2.30. The molecule has 0 aromatic heterocycles. The van der Waals surface area contributed by atoms with Crippen LogP contribution in [0.15, 0.2) is 42.5 Å². The second kappa shape index (κ2) is 6.26. The van der Waals surface area contributed by atoms with Gasteiger partial charge < -0.3 is 14.7 Å². The van der Waals surface area contributed by atoms with Crippen LogP contribution in [-0.2, 0) is 0 Å². The van der Waals surface area contributed by atoms with Crippen molar-refractivity contribution in [1.29, 1.82) is 0 Å². The Balaban J connectivity index is 2.34. The fraction of sp³-hybridized carbons (Fsp3) is 0.188. The minimum atomic E-state index is -0.588. The van der Waals surface area contributed by atoms with Gasteiger partial charge >= 0.3 is 0 Å². The average Bonchev–Trinajstić information content (AvgIpc) is 2.48. The van der Waals surface area contributed by atoms with Gasteiger partial charge in [0, 0.05) is 23.9 Å². The van der Waals surface area contributed by atoms with Crippen molar-refractivity contribution in [2.45, 2.75) is 6.92 Å². The number of rotatable bonds is 4. The lowest BCUT2D eigenvalue weighted by atomic mass is 10.1. The van der Waals surface area contributed by atoms with Crippen molar-refractivity contribution < 1.29 is 19.0 Å². The Morgan fingerprint density at radius 3 is 2.62 bits per heavy atom. The number of amides is 1. The van der Waals surface area contributed by atoms with Crippen molar-refractivity contribution in [1.82, 2.24) is 0 Å². The molecule has 0 aliphatic heterocycles. The Kier molecular flexibility index (Phi) is 4.42. The molecule has 0 spiro atoms. The average molecular weight is 289 g/mol. The molecule has 4 nitrogen and oxygen atoms in total. The molecule has 2 aromatic carbocycles. The highest BCUT2D eigenvalue weighted by Gasteiger charge is 2.18. The number of carbonyl (C=O) groups is 1. The van der Waals surface area contributed by atoms with E-state index in [9.17, 15) is 14.3 Å². The van der Waals surface area contributed by atoms with E-state index in [1.807, 2.05) is 6.92 Å². The normalized spacial score (nSPS) is 10.2. The van der Waals surface area contributed by atoms with Gasteiger partial charge in [0.05, 0.1) is 7.11 Å². The number of phenols is 1. The van der Waals surface area contributed by atoms with Crippen LogP contribution >= 0.6 is 0 Å². The number of phenolic OH excluding ortho intramolecular Hbond substituents is 1. The molecule has 110 valence electrons. The standard InChI is InChI=1S/C16H16FNO3/c1-3-18(12-5-4-6-13(19)10-12)16(20)11-7-8-15(21-2)14(17)9-11/h4-10,19H,3H2,1-2H3. The second-order valence-corrected chi connectivity index (χ2v) is 4.42. The minimum absolute atomic E-state index is 0.0691. The molecule has 1 N–H and O–H groups in total. The lowest BCUT2D eigenvalue weighted by Gasteiger charge is -2.21. The molecule has 0 radical (unpaired) electrons. The highest BCUT2D eigenvalue weighted by atomic mass is 19.1. The van der Waals surface area contributed by atoms with Crippen molar-refractivity contribution in [3.05, 3.63) is 53.8 Å². The van der Waals surface area contributed by atoms with Crippen LogP contribution in [0.5, 0.6) is 11.5 Å². The topological polar surface area (TPSA) is 49.8 Å². The summed E-state index contributed by atoms with van der Waals surface area (Å²) >= 11 is 0. The highest BCUT2D eigenvalue weighted by molar-refractivity contribution is 6.06. The molecule has 0 heterocycles. The molecule has 1 amide bonds. The molecule has 2 rings (SSSR count). The molecule has 0 saturated carbocycles.